The second-order valence-electron chi connectivity index (χ2n) is 11.7. The largest absolute Gasteiger partial charge is 0.454 e. The molecule has 7 nitrogen and oxygen atoms in total. The molecule has 1 aromatic heterocycles. The fourth-order valence-electron chi connectivity index (χ4n) is 6.45. The van der Waals surface area contributed by atoms with E-state index in [-0.39, 0.29) is 40.9 Å². The highest BCUT2D eigenvalue weighted by Crippen LogP contribution is 2.40. The molecule has 226 valence electrons. The lowest BCUT2D eigenvalue weighted by molar-refractivity contribution is -0.122. The lowest BCUT2D eigenvalue weighted by atomic mass is 9.78. The van der Waals surface area contributed by atoms with Gasteiger partial charge in [0, 0.05) is 16.5 Å². The first-order valence-electron chi connectivity index (χ1n) is 15.3. The number of Topliss-reactive ketones (excluding diaryl/α,β-unsaturated/α-hetero) is 1. The number of amides is 2. The maximum absolute atomic E-state index is 13.4. The van der Waals surface area contributed by atoms with Crippen LogP contribution in [0.5, 0.6) is 0 Å². The van der Waals surface area contributed by atoms with Gasteiger partial charge < -0.3 is 4.74 Å². The van der Waals surface area contributed by atoms with E-state index in [4.69, 9.17) is 9.72 Å². The van der Waals surface area contributed by atoms with E-state index in [1.807, 2.05) is 79.7 Å². The van der Waals surface area contributed by atoms with Crippen LogP contribution in [0.3, 0.4) is 0 Å². The molecule has 1 saturated heterocycles. The number of fused-ring (bicyclic) bond motifs is 2. The fourth-order valence-corrected chi connectivity index (χ4v) is 6.45. The highest BCUT2D eigenvalue weighted by atomic mass is 16.5. The molecule has 46 heavy (non-hydrogen) atoms. The Hall–Kier alpha value is -5.69. The molecule has 7 heteroatoms. The van der Waals surface area contributed by atoms with E-state index >= 15 is 0 Å². The minimum atomic E-state index is -0.635. The van der Waals surface area contributed by atoms with Crippen molar-refractivity contribution in [3.8, 4) is 22.4 Å². The van der Waals surface area contributed by atoms with E-state index in [1.165, 1.54) is 4.90 Å². The summed E-state index contributed by atoms with van der Waals surface area (Å²) in [5.41, 5.74) is 5.09. The smallest absolute Gasteiger partial charge is 0.339 e. The molecule has 0 saturated carbocycles. The zero-order valence-electron chi connectivity index (χ0n) is 25.1. The third-order valence-corrected chi connectivity index (χ3v) is 8.88. The Bertz CT molecular complexity index is 2020. The number of esters is 1. The van der Waals surface area contributed by atoms with Crippen LogP contribution in [0, 0.1) is 17.8 Å². The molecular weight excluding hydrogens is 576 g/mol. The molecule has 5 aromatic rings. The minimum Gasteiger partial charge on any atom is -0.454 e. The number of pyridine rings is 1. The predicted octanol–water partition coefficient (Wildman–Crippen LogP) is 7.31. The van der Waals surface area contributed by atoms with Crippen molar-refractivity contribution < 1.29 is 23.9 Å². The SMILES string of the molecule is CC1C=CCC2C(=O)N(c3ccc(-c4cc(C(=O)OCC(=O)c5ccc(-c6ccccc6)cc5)c5ccccc5n4)cc3)C(=O)C12. The number of para-hydroxylation sites is 1. The van der Waals surface area contributed by atoms with Gasteiger partial charge in [-0.2, -0.15) is 0 Å². The summed E-state index contributed by atoms with van der Waals surface area (Å²) in [6, 6.07) is 33.0. The number of ether oxygens (including phenoxy) is 1. The standard InChI is InChI=1S/C39H30N2O5/c1-24-8-7-12-31-36(24)38(44)41(37(31)43)29-20-18-27(19-21-29)34-22-32(30-11-5-6-13-33(30)40-34)39(45)46-23-35(42)28-16-14-26(15-17-28)25-9-3-2-4-10-25/h2-11,13-22,24,31,36H,12,23H2,1H3. The lowest BCUT2D eigenvalue weighted by Gasteiger charge is -2.22. The number of hydrogen-bond acceptors (Lipinski definition) is 6. The van der Waals surface area contributed by atoms with Gasteiger partial charge in [0.2, 0.25) is 11.8 Å². The molecule has 7 rings (SSSR count). The summed E-state index contributed by atoms with van der Waals surface area (Å²) < 4.78 is 5.52. The van der Waals surface area contributed by atoms with Crippen LogP contribution in [0.25, 0.3) is 33.3 Å². The van der Waals surface area contributed by atoms with Crippen LogP contribution >= 0.6 is 0 Å². The third kappa shape index (κ3) is 5.30. The first-order chi connectivity index (χ1) is 22.4. The Labute approximate surface area is 266 Å². The van der Waals surface area contributed by atoms with Crippen molar-refractivity contribution in [2.75, 3.05) is 11.5 Å². The summed E-state index contributed by atoms with van der Waals surface area (Å²) in [5, 5.41) is 0.603. The summed E-state index contributed by atoms with van der Waals surface area (Å²) in [6.07, 6.45) is 4.56. The van der Waals surface area contributed by atoms with Crippen LogP contribution in [0.4, 0.5) is 5.69 Å². The number of ketones is 1. The maximum atomic E-state index is 13.4. The third-order valence-electron chi connectivity index (χ3n) is 8.88. The average molecular weight is 607 g/mol. The van der Waals surface area contributed by atoms with Gasteiger partial charge in [-0.25, -0.2) is 9.78 Å². The number of anilines is 1. The van der Waals surface area contributed by atoms with Crippen LogP contribution in [0.1, 0.15) is 34.1 Å². The van der Waals surface area contributed by atoms with Gasteiger partial charge in [0.05, 0.1) is 34.3 Å². The highest BCUT2D eigenvalue weighted by molar-refractivity contribution is 6.22. The Kier molecular flexibility index (Phi) is 7.58. The van der Waals surface area contributed by atoms with Gasteiger partial charge in [0.25, 0.3) is 0 Å². The number of imide groups is 1. The van der Waals surface area contributed by atoms with Crippen molar-refractivity contribution in [1.29, 1.82) is 0 Å². The number of allylic oxidation sites excluding steroid dienone is 2. The van der Waals surface area contributed by atoms with Crippen molar-refractivity contribution >= 4 is 40.2 Å². The molecule has 3 atom stereocenters. The quantitative estimate of drug-likeness (QED) is 0.0835. The molecule has 2 heterocycles. The van der Waals surface area contributed by atoms with Crippen LogP contribution in [-0.2, 0) is 14.3 Å². The second-order valence-corrected chi connectivity index (χ2v) is 11.7. The van der Waals surface area contributed by atoms with Crippen LogP contribution in [0.15, 0.2) is 121 Å². The van der Waals surface area contributed by atoms with E-state index in [2.05, 4.69) is 0 Å². The first-order valence-corrected chi connectivity index (χ1v) is 15.3. The van der Waals surface area contributed by atoms with E-state index < -0.39 is 12.6 Å². The Balaban J connectivity index is 1.10. The minimum absolute atomic E-state index is 0.00920. The first kappa shape index (κ1) is 29.0. The van der Waals surface area contributed by atoms with E-state index in [1.54, 1.807) is 48.5 Å². The Morgan fingerprint density at radius 1 is 0.804 bits per heavy atom. The summed E-state index contributed by atoms with van der Waals surface area (Å²) in [5.74, 6) is -1.95. The van der Waals surface area contributed by atoms with Crippen LogP contribution in [0.2, 0.25) is 0 Å². The summed E-state index contributed by atoms with van der Waals surface area (Å²) in [7, 11) is 0. The molecule has 1 fully saturated rings. The maximum Gasteiger partial charge on any atom is 0.339 e. The molecule has 0 spiro atoms. The van der Waals surface area contributed by atoms with Crippen LogP contribution in [-0.4, -0.2) is 35.2 Å². The molecule has 1 aliphatic heterocycles. The molecule has 2 aliphatic rings. The van der Waals surface area contributed by atoms with Crippen molar-refractivity contribution in [3.63, 3.8) is 0 Å². The van der Waals surface area contributed by atoms with E-state index in [0.29, 0.717) is 39.8 Å². The average Bonchev–Trinajstić information content (AvgIpc) is 3.36. The van der Waals surface area contributed by atoms with Gasteiger partial charge in [-0.15, -0.1) is 0 Å². The van der Waals surface area contributed by atoms with E-state index in [0.717, 1.165) is 11.1 Å². The fraction of sp³-hybridized carbons (Fsp3) is 0.154. The monoisotopic (exact) mass is 606 g/mol. The number of rotatable bonds is 7. The molecule has 4 aromatic carbocycles. The zero-order valence-corrected chi connectivity index (χ0v) is 25.1. The molecule has 3 unspecified atom stereocenters. The second kappa shape index (κ2) is 12.0. The molecule has 2 amide bonds. The van der Waals surface area contributed by atoms with Gasteiger partial charge in [0.15, 0.2) is 12.4 Å². The summed E-state index contributed by atoms with van der Waals surface area (Å²) in [4.78, 5) is 58.8. The number of carbonyl (C=O) groups excluding carboxylic acids is 4. The number of benzene rings is 4. The number of hydrogen-bond donors (Lipinski definition) is 0. The van der Waals surface area contributed by atoms with E-state index in [9.17, 15) is 19.2 Å². The molecular formula is C39H30N2O5. The van der Waals surface area contributed by atoms with Gasteiger partial charge in [-0.3, -0.25) is 19.3 Å². The number of carbonyl (C=O) groups is 4. The van der Waals surface area contributed by atoms with Crippen molar-refractivity contribution in [1.82, 2.24) is 4.98 Å². The van der Waals surface area contributed by atoms with Crippen LogP contribution < -0.4 is 4.90 Å². The molecule has 1 aliphatic carbocycles. The van der Waals surface area contributed by atoms with Crippen molar-refractivity contribution in [3.05, 3.63) is 132 Å². The number of aromatic nitrogens is 1. The Morgan fingerprint density at radius 3 is 2.22 bits per heavy atom. The topological polar surface area (TPSA) is 93.6 Å². The summed E-state index contributed by atoms with van der Waals surface area (Å²) in [6.45, 7) is 1.57. The Morgan fingerprint density at radius 2 is 1.48 bits per heavy atom. The molecule has 0 N–H and O–H groups in total. The highest BCUT2D eigenvalue weighted by Gasteiger charge is 2.50. The number of nitrogens with zero attached hydrogens (tertiary/aromatic N) is 2. The summed E-state index contributed by atoms with van der Waals surface area (Å²) >= 11 is 0. The molecule has 0 bridgehead atoms. The van der Waals surface area contributed by atoms with Crippen molar-refractivity contribution in [2.24, 2.45) is 17.8 Å². The van der Waals surface area contributed by atoms with Gasteiger partial charge >= 0.3 is 5.97 Å². The predicted molar refractivity (Wildman–Crippen MR) is 176 cm³/mol. The molecule has 0 radical (unpaired) electrons. The van der Waals surface area contributed by atoms with Gasteiger partial charge in [-0.1, -0.05) is 104 Å². The van der Waals surface area contributed by atoms with Gasteiger partial charge in [0.1, 0.15) is 0 Å². The van der Waals surface area contributed by atoms with Gasteiger partial charge in [-0.05, 0) is 47.7 Å². The zero-order chi connectivity index (χ0) is 31.8. The normalized spacial score (nSPS) is 18.9. The van der Waals surface area contributed by atoms with Crippen molar-refractivity contribution in [2.45, 2.75) is 13.3 Å². The lowest BCUT2D eigenvalue weighted by Crippen LogP contribution is -2.31.